The number of hydrogen-bond donors (Lipinski definition) is 1. The minimum absolute atomic E-state index is 0.00954. The van der Waals surface area contributed by atoms with Crippen LogP contribution in [0, 0.1) is 19.8 Å². The van der Waals surface area contributed by atoms with Crippen molar-refractivity contribution in [2.24, 2.45) is 5.92 Å². The molecule has 2 fully saturated rings. The average molecular weight is 362 g/mol. The van der Waals surface area contributed by atoms with Gasteiger partial charge in [-0.25, -0.2) is 0 Å². The summed E-state index contributed by atoms with van der Waals surface area (Å²) in [7, 11) is 0. The summed E-state index contributed by atoms with van der Waals surface area (Å²) in [6.07, 6.45) is 2.14. The third-order valence-corrected chi connectivity index (χ3v) is 5.75. The molecule has 0 spiro atoms. The van der Waals surface area contributed by atoms with E-state index in [1.807, 2.05) is 48.2 Å². The molecule has 1 saturated heterocycles. The molecule has 1 aliphatic carbocycles. The van der Waals surface area contributed by atoms with Crippen molar-refractivity contribution in [1.29, 1.82) is 0 Å². The summed E-state index contributed by atoms with van der Waals surface area (Å²) < 4.78 is 0. The highest BCUT2D eigenvalue weighted by molar-refractivity contribution is 5.95. The standard InChI is InChI=1S/C23H26N2O2/c1-15-7-9-17(10-8-15)23(27)25-13-20(19-6-4-3-5-16(19)2)21(14-25)22(26)24-18-11-12-18/h3-10,18,20-21H,11-14H2,1-2H3,(H,24,26). The fourth-order valence-corrected chi connectivity index (χ4v) is 3.97. The molecule has 2 unspecified atom stereocenters. The van der Waals surface area contributed by atoms with Crippen LogP contribution < -0.4 is 5.32 Å². The molecule has 1 aliphatic heterocycles. The van der Waals surface area contributed by atoms with Gasteiger partial charge in [-0.2, -0.15) is 0 Å². The van der Waals surface area contributed by atoms with Crippen molar-refractivity contribution in [3.05, 3.63) is 70.8 Å². The number of aryl methyl sites for hydroxylation is 2. The van der Waals surface area contributed by atoms with Crippen LogP contribution in [-0.2, 0) is 4.79 Å². The third kappa shape index (κ3) is 3.75. The Morgan fingerprint density at radius 3 is 2.33 bits per heavy atom. The van der Waals surface area contributed by atoms with Crippen molar-refractivity contribution in [2.75, 3.05) is 13.1 Å². The highest BCUT2D eigenvalue weighted by Crippen LogP contribution is 2.36. The molecular formula is C23H26N2O2. The van der Waals surface area contributed by atoms with E-state index in [4.69, 9.17) is 0 Å². The van der Waals surface area contributed by atoms with Crippen LogP contribution in [0.25, 0.3) is 0 Å². The lowest BCUT2D eigenvalue weighted by Crippen LogP contribution is -2.36. The molecule has 27 heavy (non-hydrogen) atoms. The molecule has 0 bridgehead atoms. The number of amides is 2. The average Bonchev–Trinajstić information content (AvgIpc) is 3.36. The number of benzene rings is 2. The first-order chi connectivity index (χ1) is 13.0. The zero-order chi connectivity index (χ0) is 19.0. The molecule has 140 valence electrons. The predicted octanol–water partition coefficient (Wildman–Crippen LogP) is 3.44. The van der Waals surface area contributed by atoms with E-state index < -0.39 is 0 Å². The lowest BCUT2D eigenvalue weighted by atomic mass is 9.86. The Hall–Kier alpha value is -2.62. The van der Waals surface area contributed by atoms with Crippen molar-refractivity contribution in [1.82, 2.24) is 10.2 Å². The number of nitrogens with one attached hydrogen (secondary N) is 1. The maximum atomic E-state index is 13.0. The Kier molecular flexibility index (Phi) is 4.73. The second kappa shape index (κ2) is 7.18. The van der Waals surface area contributed by atoms with Crippen LogP contribution in [0.15, 0.2) is 48.5 Å². The van der Waals surface area contributed by atoms with E-state index in [1.165, 1.54) is 11.1 Å². The number of carbonyl (C=O) groups excluding carboxylic acids is 2. The molecule has 2 amide bonds. The number of rotatable bonds is 4. The Labute approximate surface area is 160 Å². The maximum absolute atomic E-state index is 13.0. The lowest BCUT2D eigenvalue weighted by molar-refractivity contribution is -0.125. The third-order valence-electron chi connectivity index (χ3n) is 5.75. The molecule has 4 rings (SSSR count). The lowest BCUT2D eigenvalue weighted by Gasteiger charge is -2.19. The molecule has 0 radical (unpaired) electrons. The van der Waals surface area contributed by atoms with E-state index >= 15 is 0 Å². The first kappa shape index (κ1) is 17.8. The fraction of sp³-hybridized carbons (Fsp3) is 0.391. The van der Waals surface area contributed by atoms with Crippen LogP contribution in [0.3, 0.4) is 0 Å². The van der Waals surface area contributed by atoms with Gasteiger partial charge in [0.05, 0.1) is 5.92 Å². The van der Waals surface area contributed by atoms with E-state index in [-0.39, 0.29) is 23.7 Å². The van der Waals surface area contributed by atoms with Crippen molar-refractivity contribution < 1.29 is 9.59 Å². The van der Waals surface area contributed by atoms with Crippen LogP contribution in [0.1, 0.15) is 45.8 Å². The predicted molar refractivity (Wildman–Crippen MR) is 106 cm³/mol. The maximum Gasteiger partial charge on any atom is 0.253 e. The van der Waals surface area contributed by atoms with E-state index in [1.54, 1.807) is 0 Å². The van der Waals surface area contributed by atoms with Gasteiger partial charge in [-0.3, -0.25) is 9.59 Å². The molecule has 2 aromatic rings. The normalized spacial score (nSPS) is 21.9. The highest BCUT2D eigenvalue weighted by atomic mass is 16.2. The summed E-state index contributed by atoms with van der Waals surface area (Å²) in [6, 6.07) is 16.2. The van der Waals surface area contributed by atoms with Crippen LogP contribution in [0.4, 0.5) is 0 Å². The molecule has 4 nitrogen and oxygen atoms in total. The van der Waals surface area contributed by atoms with Crippen molar-refractivity contribution in [3.63, 3.8) is 0 Å². The second-order valence-electron chi connectivity index (χ2n) is 7.93. The van der Waals surface area contributed by atoms with Gasteiger partial charge in [-0.15, -0.1) is 0 Å². The van der Waals surface area contributed by atoms with Gasteiger partial charge in [-0.1, -0.05) is 42.0 Å². The van der Waals surface area contributed by atoms with Crippen LogP contribution in [0.5, 0.6) is 0 Å². The highest BCUT2D eigenvalue weighted by Gasteiger charge is 2.42. The minimum atomic E-state index is -0.193. The van der Waals surface area contributed by atoms with E-state index in [9.17, 15) is 9.59 Å². The number of likely N-dealkylation sites (tertiary alicyclic amines) is 1. The first-order valence-corrected chi connectivity index (χ1v) is 9.75. The molecule has 2 aromatic carbocycles. The zero-order valence-electron chi connectivity index (χ0n) is 15.9. The Balaban J connectivity index is 1.60. The second-order valence-corrected chi connectivity index (χ2v) is 7.93. The van der Waals surface area contributed by atoms with Crippen molar-refractivity contribution >= 4 is 11.8 Å². The van der Waals surface area contributed by atoms with Crippen molar-refractivity contribution in [3.8, 4) is 0 Å². The topological polar surface area (TPSA) is 49.4 Å². The molecular weight excluding hydrogens is 336 g/mol. The molecule has 2 aliphatic rings. The molecule has 1 saturated carbocycles. The summed E-state index contributed by atoms with van der Waals surface area (Å²) >= 11 is 0. The van der Waals surface area contributed by atoms with E-state index in [0.717, 1.165) is 18.4 Å². The van der Waals surface area contributed by atoms with Crippen molar-refractivity contribution in [2.45, 2.75) is 38.6 Å². The van der Waals surface area contributed by atoms with Gasteiger partial charge in [0.15, 0.2) is 0 Å². The molecule has 1 heterocycles. The largest absolute Gasteiger partial charge is 0.353 e. The molecule has 0 aromatic heterocycles. The smallest absolute Gasteiger partial charge is 0.253 e. The van der Waals surface area contributed by atoms with Gasteiger partial charge < -0.3 is 10.2 Å². The van der Waals surface area contributed by atoms with Crippen LogP contribution >= 0.6 is 0 Å². The van der Waals surface area contributed by atoms with Gasteiger partial charge >= 0.3 is 0 Å². The van der Waals surface area contributed by atoms with E-state index in [2.05, 4.69) is 24.4 Å². The number of nitrogens with zero attached hydrogens (tertiary/aromatic N) is 1. The summed E-state index contributed by atoms with van der Waals surface area (Å²) in [4.78, 5) is 27.8. The quantitative estimate of drug-likeness (QED) is 0.906. The van der Waals surface area contributed by atoms with Crippen LogP contribution in [0.2, 0.25) is 0 Å². The Morgan fingerprint density at radius 2 is 1.67 bits per heavy atom. The fourth-order valence-electron chi connectivity index (χ4n) is 3.97. The number of hydrogen-bond acceptors (Lipinski definition) is 2. The summed E-state index contributed by atoms with van der Waals surface area (Å²) in [6.45, 7) is 5.15. The van der Waals surface area contributed by atoms with Gasteiger partial charge in [0, 0.05) is 30.6 Å². The Bertz CT molecular complexity index is 855. The summed E-state index contributed by atoms with van der Waals surface area (Å²) in [5.41, 5.74) is 4.17. The summed E-state index contributed by atoms with van der Waals surface area (Å²) in [5, 5.41) is 3.14. The zero-order valence-corrected chi connectivity index (χ0v) is 15.9. The summed E-state index contributed by atoms with van der Waals surface area (Å²) in [5.74, 6) is -0.0549. The number of carbonyl (C=O) groups is 2. The van der Waals surface area contributed by atoms with Crippen LogP contribution in [-0.4, -0.2) is 35.8 Å². The van der Waals surface area contributed by atoms with Gasteiger partial charge in [-0.05, 0) is 49.9 Å². The molecule has 2 atom stereocenters. The first-order valence-electron chi connectivity index (χ1n) is 9.75. The van der Waals surface area contributed by atoms with Gasteiger partial charge in [0.1, 0.15) is 0 Å². The monoisotopic (exact) mass is 362 g/mol. The van der Waals surface area contributed by atoms with Gasteiger partial charge in [0.2, 0.25) is 5.91 Å². The molecule has 1 N–H and O–H groups in total. The molecule has 4 heteroatoms. The van der Waals surface area contributed by atoms with E-state index in [0.29, 0.717) is 24.7 Å². The minimum Gasteiger partial charge on any atom is -0.353 e. The SMILES string of the molecule is Cc1ccc(C(=O)N2CC(C(=O)NC3CC3)C(c3ccccc3C)C2)cc1. The Morgan fingerprint density at radius 1 is 0.963 bits per heavy atom. The van der Waals surface area contributed by atoms with Gasteiger partial charge in [0.25, 0.3) is 5.91 Å².